The van der Waals surface area contributed by atoms with E-state index in [1.54, 1.807) is 35.5 Å². The molecule has 0 fully saturated rings. The predicted octanol–water partition coefficient (Wildman–Crippen LogP) is 2.60. The lowest BCUT2D eigenvalue weighted by Crippen LogP contribution is -2.36. The zero-order chi connectivity index (χ0) is 21.8. The lowest BCUT2D eigenvalue weighted by molar-refractivity contribution is 0.146. The van der Waals surface area contributed by atoms with Crippen LogP contribution in [0.25, 0.3) is 0 Å². The van der Waals surface area contributed by atoms with Crippen molar-refractivity contribution >= 4 is 5.96 Å². The molecule has 0 saturated heterocycles. The SMILES string of the molecule is CN=C(NCc1ccc(OCCOC)cc1)NCc1cc(OC)c(OC)c(OC)c1. The molecule has 0 heterocycles. The number of aliphatic imine (C=N–C) groups is 1. The van der Waals surface area contributed by atoms with Gasteiger partial charge in [-0.15, -0.1) is 0 Å². The summed E-state index contributed by atoms with van der Waals surface area (Å²) >= 11 is 0. The van der Waals surface area contributed by atoms with E-state index < -0.39 is 0 Å². The Morgan fingerprint density at radius 2 is 1.40 bits per heavy atom. The van der Waals surface area contributed by atoms with Crippen LogP contribution in [0.1, 0.15) is 11.1 Å². The Morgan fingerprint density at radius 1 is 0.800 bits per heavy atom. The highest BCUT2D eigenvalue weighted by Gasteiger charge is 2.13. The zero-order valence-electron chi connectivity index (χ0n) is 18.3. The molecular weight excluding hydrogens is 386 g/mol. The van der Waals surface area contributed by atoms with Crippen LogP contribution in [0, 0.1) is 0 Å². The molecule has 0 aliphatic carbocycles. The van der Waals surface area contributed by atoms with Crippen molar-refractivity contribution in [3.63, 3.8) is 0 Å². The first-order valence-electron chi connectivity index (χ1n) is 9.59. The van der Waals surface area contributed by atoms with Gasteiger partial charge in [0, 0.05) is 27.2 Å². The number of nitrogens with zero attached hydrogens (tertiary/aromatic N) is 1. The van der Waals surface area contributed by atoms with Crippen molar-refractivity contribution in [2.24, 2.45) is 4.99 Å². The standard InChI is InChI=1S/C22H31N3O5/c1-23-22(24-14-16-6-8-18(9-7-16)30-11-10-26-2)25-15-17-12-19(27-3)21(29-5)20(13-17)28-4/h6-9,12-13H,10-11,14-15H2,1-5H3,(H2,23,24,25). The van der Waals surface area contributed by atoms with Crippen molar-refractivity contribution in [1.82, 2.24) is 10.6 Å². The van der Waals surface area contributed by atoms with Crippen LogP contribution in [0.5, 0.6) is 23.0 Å². The fourth-order valence-electron chi connectivity index (χ4n) is 2.78. The van der Waals surface area contributed by atoms with E-state index in [2.05, 4.69) is 15.6 Å². The van der Waals surface area contributed by atoms with E-state index in [-0.39, 0.29) is 0 Å². The Hall–Kier alpha value is -3.13. The lowest BCUT2D eigenvalue weighted by Gasteiger charge is -2.16. The molecular formula is C22H31N3O5. The van der Waals surface area contributed by atoms with Gasteiger partial charge < -0.3 is 34.3 Å². The van der Waals surface area contributed by atoms with E-state index in [4.69, 9.17) is 23.7 Å². The van der Waals surface area contributed by atoms with Crippen molar-refractivity contribution in [3.05, 3.63) is 47.5 Å². The average molecular weight is 418 g/mol. The first-order valence-corrected chi connectivity index (χ1v) is 9.59. The number of hydrogen-bond donors (Lipinski definition) is 2. The molecule has 2 aromatic rings. The third kappa shape index (κ3) is 6.73. The number of guanidine groups is 1. The van der Waals surface area contributed by atoms with Gasteiger partial charge in [-0.25, -0.2) is 0 Å². The minimum Gasteiger partial charge on any atom is -0.493 e. The molecule has 0 aliphatic rings. The van der Waals surface area contributed by atoms with E-state index in [9.17, 15) is 0 Å². The number of nitrogens with one attached hydrogen (secondary N) is 2. The van der Waals surface area contributed by atoms with E-state index in [0.29, 0.717) is 49.5 Å². The number of benzene rings is 2. The predicted molar refractivity (Wildman–Crippen MR) is 117 cm³/mol. The maximum atomic E-state index is 5.58. The summed E-state index contributed by atoms with van der Waals surface area (Å²) in [6.07, 6.45) is 0. The summed E-state index contributed by atoms with van der Waals surface area (Å²) < 4.78 is 26.7. The van der Waals surface area contributed by atoms with Gasteiger partial charge in [-0.3, -0.25) is 4.99 Å². The molecule has 2 aromatic carbocycles. The van der Waals surface area contributed by atoms with E-state index in [0.717, 1.165) is 16.9 Å². The average Bonchev–Trinajstić information content (AvgIpc) is 2.79. The summed E-state index contributed by atoms with van der Waals surface area (Å²) in [6, 6.07) is 11.7. The fourth-order valence-corrected chi connectivity index (χ4v) is 2.78. The van der Waals surface area contributed by atoms with Crippen LogP contribution in [0.15, 0.2) is 41.4 Å². The molecule has 0 aliphatic heterocycles. The fraction of sp³-hybridized carbons (Fsp3) is 0.409. The van der Waals surface area contributed by atoms with Crippen LogP contribution in [0.3, 0.4) is 0 Å². The molecule has 0 aromatic heterocycles. The molecule has 2 rings (SSSR count). The van der Waals surface area contributed by atoms with Crippen LogP contribution in [-0.2, 0) is 17.8 Å². The Bertz CT molecular complexity index is 784. The summed E-state index contributed by atoms with van der Waals surface area (Å²) in [7, 11) is 8.17. The molecule has 0 amide bonds. The second-order valence-electron chi connectivity index (χ2n) is 6.30. The van der Waals surface area contributed by atoms with Gasteiger partial charge >= 0.3 is 0 Å². The maximum Gasteiger partial charge on any atom is 0.203 e. The van der Waals surface area contributed by atoms with E-state index in [1.165, 1.54) is 0 Å². The summed E-state index contributed by atoms with van der Waals surface area (Å²) in [5.41, 5.74) is 2.09. The normalized spacial score (nSPS) is 11.0. The summed E-state index contributed by atoms with van der Waals surface area (Å²) in [4.78, 5) is 4.27. The minimum absolute atomic E-state index is 0.533. The lowest BCUT2D eigenvalue weighted by atomic mass is 10.2. The molecule has 0 saturated carbocycles. The quantitative estimate of drug-likeness (QED) is 0.330. The van der Waals surface area contributed by atoms with Gasteiger partial charge in [-0.05, 0) is 35.4 Å². The molecule has 30 heavy (non-hydrogen) atoms. The van der Waals surface area contributed by atoms with Gasteiger partial charge in [0.1, 0.15) is 12.4 Å². The van der Waals surface area contributed by atoms with Gasteiger partial charge in [-0.2, -0.15) is 0 Å². The molecule has 0 spiro atoms. The highest BCUT2D eigenvalue weighted by Crippen LogP contribution is 2.38. The highest BCUT2D eigenvalue weighted by molar-refractivity contribution is 5.79. The third-order valence-corrected chi connectivity index (χ3v) is 4.35. The minimum atomic E-state index is 0.533. The van der Waals surface area contributed by atoms with Gasteiger partial charge in [0.25, 0.3) is 0 Å². The monoisotopic (exact) mass is 417 g/mol. The van der Waals surface area contributed by atoms with Crippen molar-refractivity contribution in [1.29, 1.82) is 0 Å². The number of ether oxygens (including phenoxy) is 5. The van der Waals surface area contributed by atoms with Crippen molar-refractivity contribution < 1.29 is 23.7 Å². The third-order valence-electron chi connectivity index (χ3n) is 4.35. The molecule has 8 heteroatoms. The smallest absolute Gasteiger partial charge is 0.203 e. The zero-order valence-corrected chi connectivity index (χ0v) is 18.3. The number of rotatable bonds is 11. The maximum absolute atomic E-state index is 5.58. The molecule has 8 nitrogen and oxygen atoms in total. The number of methoxy groups -OCH3 is 4. The summed E-state index contributed by atoms with van der Waals surface area (Å²) in [5.74, 6) is 3.31. The second-order valence-corrected chi connectivity index (χ2v) is 6.30. The molecule has 2 N–H and O–H groups in total. The summed E-state index contributed by atoms with van der Waals surface area (Å²) in [5, 5.41) is 6.59. The van der Waals surface area contributed by atoms with Crippen LogP contribution in [0.4, 0.5) is 0 Å². The Labute approximate surface area is 178 Å². The van der Waals surface area contributed by atoms with Gasteiger partial charge in [0.05, 0.1) is 27.9 Å². The van der Waals surface area contributed by atoms with Gasteiger partial charge in [-0.1, -0.05) is 12.1 Å². The molecule has 0 radical (unpaired) electrons. The largest absolute Gasteiger partial charge is 0.493 e. The van der Waals surface area contributed by atoms with Crippen molar-refractivity contribution in [2.45, 2.75) is 13.1 Å². The molecule has 0 bridgehead atoms. The Morgan fingerprint density at radius 3 is 1.90 bits per heavy atom. The first kappa shape index (κ1) is 23.2. The van der Waals surface area contributed by atoms with Crippen molar-refractivity contribution in [2.75, 3.05) is 48.7 Å². The van der Waals surface area contributed by atoms with Crippen LogP contribution >= 0.6 is 0 Å². The van der Waals surface area contributed by atoms with Crippen LogP contribution < -0.4 is 29.6 Å². The van der Waals surface area contributed by atoms with E-state index >= 15 is 0 Å². The first-order chi connectivity index (χ1) is 14.6. The van der Waals surface area contributed by atoms with Crippen LogP contribution in [-0.4, -0.2) is 54.7 Å². The molecule has 0 unspecified atom stereocenters. The Balaban J connectivity index is 1.91. The number of hydrogen-bond acceptors (Lipinski definition) is 6. The molecule has 164 valence electrons. The topological polar surface area (TPSA) is 82.6 Å². The highest BCUT2D eigenvalue weighted by atomic mass is 16.5. The molecule has 0 atom stereocenters. The van der Waals surface area contributed by atoms with Crippen LogP contribution in [0.2, 0.25) is 0 Å². The van der Waals surface area contributed by atoms with Gasteiger partial charge in [0.15, 0.2) is 17.5 Å². The Kier molecular flexibility index (Phi) is 9.60. The van der Waals surface area contributed by atoms with E-state index in [1.807, 2.05) is 36.4 Å². The van der Waals surface area contributed by atoms with Gasteiger partial charge in [0.2, 0.25) is 5.75 Å². The second kappa shape index (κ2) is 12.4. The van der Waals surface area contributed by atoms with Crippen molar-refractivity contribution in [3.8, 4) is 23.0 Å². The summed E-state index contributed by atoms with van der Waals surface area (Å²) in [6.45, 7) is 2.28.